The number of rotatable bonds is 6. The normalized spacial score (nSPS) is 9.88. The van der Waals surface area contributed by atoms with Crippen molar-refractivity contribution in [3.63, 3.8) is 0 Å². The van der Waals surface area contributed by atoms with E-state index < -0.39 is 0 Å². The Hall–Kier alpha value is -1.16. The van der Waals surface area contributed by atoms with E-state index in [0.29, 0.717) is 0 Å². The SMILES string of the molecule is COc1ccc(CSCCNC(C)=O)cc1. The zero-order valence-electron chi connectivity index (χ0n) is 9.66. The summed E-state index contributed by atoms with van der Waals surface area (Å²) in [5, 5.41) is 2.77. The lowest BCUT2D eigenvalue weighted by molar-refractivity contribution is -0.118. The van der Waals surface area contributed by atoms with Crippen molar-refractivity contribution in [2.45, 2.75) is 12.7 Å². The first-order valence-corrected chi connectivity index (χ1v) is 6.33. The Morgan fingerprint density at radius 1 is 1.38 bits per heavy atom. The fraction of sp³-hybridized carbons (Fsp3) is 0.417. The summed E-state index contributed by atoms with van der Waals surface area (Å²) in [7, 11) is 1.66. The molecule has 0 spiro atoms. The predicted octanol–water partition coefficient (Wildman–Crippen LogP) is 2.06. The zero-order chi connectivity index (χ0) is 11.8. The van der Waals surface area contributed by atoms with E-state index in [-0.39, 0.29) is 5.91 Å². The highest BCUT2D eigenvalue weighted by atomic mass is 32.2. The van der Waals surface area contributed by atoms with E-state index in [1.165, 1.54) is 12.5 Å². The highest BCUT2D eigenvalue weighted by Crippen LogP contribution is 2.15. The molecule has 3 nitrogen and oxygen atoms in total. The van der Waals surface area contributed by atoms with Crippen molar-refractivity contribution in [1.82, 2.24) is 5.32 Å². The molecule has 0 aromatic heterocycles. The van der Waals surface area contributed by atoms with Crippen LogP contribution in [-0.4, -0.2) is 25.3 Å². The average molecular weight is 239 g/mol. The monoisotopic (exact) mass is 239 g/mol. The van der Waals surface area contributed by atoms with Gasteiger partial charge in [0.2, 0.25) is 5.91 Å². The minimum Gasteiger partial charge on any atom is -0.497 e. The van der Waals surface area contributed by atoms with Gasteiger partial charge >= 0.3 is 0 Å². The molecular weight excluding hydrogens is 222 g/mol. The number of nitrogens with one attached hydrogen (secondary N) is 1. The largest absolute Gasteiger partial charge is 0.497 e. The van der Waals surface area contributed by atoms with E-state index in [1.807, 2.05) is 12.1 Å². The Bertz CT molecular complexity index is 324. The van der Waals surface area contributed by atoms with Crippen molar-refractivity contribution in [1.29, 1.82) is 0 Å². The predicted molar refractivity (Wildman–Crippen MR) is 67.8 cm³/mol. The molecule has 0 fully saturated rings. The van der Waals surface area contributed by atoms with Crippen LogP contribution in [-0.2, 0) is 10.5 Å². The number of hydrogen-bond donors (Lipinski definition) is 1. The molecule has 88 valence electrons. The standard InChI is InChI=1S/C12H17NO2S/c1-10(14)13-7-8-16-9-11-3-5-12(15-2)6-4-11/h3-6H,7-9H2,1-2H3,(H,13,14). The molecule has 0 saturated heterocycles. The summed E-state index contributed by atoms with van der Waals surface area (Å²) in [6, 6.07) is 8.04. The number of benzene rings is 1. The number of hydrogen-bond acceptors (Lipinski definition) is 3. The molecule has 1 rings (SSSR count). The lowest BCUT2D eigenvalue weighted by atomic mass is 10.2. The Kier molecular flexibility index (Phi) is 5.78. The highest BCUT2D eigenvalue weighted by Gasteiger charge is 1.95. The first-order valence-electron chi connectivity index (χ1n) is 5.17. The van der Waals surface area contributed by atoms with Crippen molar-refractivity contribution in [2.24, 2.45) is 0 Å². The molecule has 0 radical (unpaired) electrons. The molecule has 0 atom stereocenters. The zero-order valence-corrected chi connectivity index (χ0v) is 10.5. The summed E-state index contributed by atoms with van der Waals surface area (Å²) in [4.78, 5) is 10.6. The molecular formula is C12H17NO2S. The summed E-state index contributed by atoms with van der Waals surface area (Å²) in [6.07, 6.45) is 0. The molecule has 1 aromatic carbocycles. The van der Waals surface area contributed by atoms with Crippen LogP contribution in [0.1, 0.15) is 12.5 Å². The van der Waals surface area contributed by atoms with Crippen LogP contribution in [0.5, 0.6) is 5.75 Å². The molecule has 1 aromatic rings. The molecule has 0 aliphatic rings. The van der Waals surface area contributed by atoms with Crippen LogP contribution in [0.2, 0.25) is 0 Å². The summed E-state index contributed by atoms with van der Waals surface area (Å²) in [6.45, 7) is 2.27. The summed E-state index contributed by atoms with van der Waals surface area (Å²) >= 11 is 1.81. The van der Waals surface area contributed by atoms with Crippen LogP contribution in [0.25, 0.3) is 0 Å². The minimum atomic E-state index is 0.0325. The van der Waals surface area contributed by atoms with Gasteiger partial charge in [0.25, 0.3) is 0 Å². The third-order valence-electron chi connectivity index (χ3n) is 2.05. The second-order valence-corrected chi connectivity index (χ2v) is 4.49. The van der Waals surface area contributed by atoms with E-state index in [0.717, 1.165) is 23.8 Å². The maximum absolute atomic E-state index is 10.6. The van der Waals surface area contributed by atoms with Gasteiger partial charge in [-0.2, -0.15) is 11.8 Å². The van der Waals surface area contributed by atoms with Gasteiger partial charge in [-0.3, -0.25) is 4.79 Å². The Balaban J connectivity index is 2.19. The van der Waals surface area contributed by atoms with Gasteiger partial charge in [-0.05, 0) is 17.7 Å². The molecule has 4 heteroatoms. The Labute approximate surface area is 101 Å². The third kappa shape index (κ3) is 5.07. The number of carbonyl (C=O) groups is 1. The van der Waals surface area contributed by atoms with Crippen LogP contribution in [0.3, 0.4) is 0 Å². The number of thioether (sulfide) groups is 1. The fourth-order valence-electron chi connectivity index (χ4n) is 1.21. The van der Waals surface area contributed by atoms with Crippen molar-refractivity contribution in [2.75, 3.05) is 19.4 Å². The Morgan fingerprint density at radius 2 is 2.06 bits per heavy atom. The highest BCUT2D eigenvalue weighted by molar-refractivity contribution is 7.98. The topological polar surface area (TPSA) is 38.3 Å². The van der Waals surface area contributed by atoms with Crippen molar-refractivity contribution >= 4 is 17.7 Å². The molecule has 16 heavy (non-hydrogen) atoms. The van der Waals surface area contributed by atoms with Gasteiger partial charge in [0.1, 0.15) is 5.75 Å². The van der Waals surface area contributed by atoms with Crippen LogP contribution < -0.4 is 10.1 Å². The van der Waals surface area contributed by atoms with E-state index in [1.54, 1.807) is 18.9 Å². The first-order chi connectivity index (χ1) is 7.72. The van der Waals surface area contributed by atoms with Crippen LogP contribution in [0, 0.1) is 0 Å². The molecule has 0 bridgehead atoms. The van der Waals surface area contributed by atoms with Crippen LogP contribution in [0.15, 0.2) is 24.3 Å². The van der Waals surface area contributed by atoms with E-state index >= 15 is 0 Å². The van der Waals surface area contributed by atoms with E-state index in [4.69, 9.17) is 4.74 Å². The maximum Gasteiger partial charge on any atom is 0.216 e. The van der Waals surface area contributed by atoms with Crippen LogP contribution in [0.4, 0.5) is 0 Å². The molecule has 0 aliphatic heterocycles. The maximum atomic E-state index is 10.6. The van der Waals surface area contributed by atoms with Gasteiger partial charge in [0.05, 0.1) is 7.11 Å². The molecule has 0 unspecified atom stereocenters. The van der Waals surface area contributed by atoms with Crippen LogP contribution >= 0.6 is 11.8 Å². The van der Waals surface area contributed by atoms with E-state index in [2.05, 4.69) is 17.4 Å². The summed E-state index contributed by atoms with van der Waals surface area (Å²) < 4.78 is 5.08. The van der Waals surface area contributed by atoms with Gasteiger partial charge in [0, 0.05) is 25.0 Å². The van der Waals surface area contributed by atoms with Gasteiger partial charge in [-0.25, -0.2) is 0 Å². The second-order valence-electron chi connectivity index (χ2n) is 3.38. The molecule has 0 aliphatic carbocycles. The minimum absolute atomic E-state index is 0.0325. The van der Waals surface area contributed by atoms with Gasteiger partial charge in [-0.15, -0.1) is 0 Å². The van der Waals surface area contributed by atoms with Gasteiger partial charge in [0.15, 0.2) is 0 Å². The molecule has 1 amide bonds. The smallest absolute Gasteiger partial charge is 0.216 e. The van der Waals surface area contributed by atoms with Crippen molar-refractivity contribution in [3.8, 4) is 5.75 Å². The summed E-state index contributed by atoms with van der Waals surface area (Å²) in [5.41, 5.74) is 1.27. The van der Waals surface area contributed by atoms with Crippen molar-refractivity contribution in [3.05, 3.63) is 29.8 Å². The molecule has 1 N–H and O–H groups in total. The second kappa shape index (κ2) is 7.17. The fourth-order valence-corrected chi connectivity index (χ4v) is 2.03. The lowest BCUT2D eigenvalue weighted by Gasteiger charge is -2.04. The number of methoxy groups -OCH3 is 1. The summed E-state index contributed by atoms with van der Waals surface area (Å²) in [5.74, 6) is 2.81. The average Bonchev–Trinajstić information content (AvgIpc) is 2.29. The van der Waals surface area contributed by atoms with Crippen molar-refractivity contribution < 1.29 is 9.53 Å². The Morgan fingerprint density at radius 3 is 2.62 bits per heavy atom. The number of carbonyl (C=O) groups excluding carboxylic acids is 1. The third-order valence-corrected chi connectivity index (χ3v) is 3.08. The van der Waals surface area contributed by atoms with Gasteiger partial charge < -0.3 is 10.1 Å². The van der Waals surface area contributed by atoms with Gasteiger partial charge in [-0.1, -0.05) is 12.1 Å². The quantitative estimate of drug-likeness (QED) is 0.772. The first kappa shape index (κ1) is 12.9. The molecule has 0 saturated carbocycles. The number of ether oxygens (including phenoxy) is 1. The van der Waals surface area contributed by atoms with E-state index in [9.17, 15) is 4.79 Å². The lowest BCUT2D eigenvalue weighted by Crippen LogP contribution is -2.22. The molecule has 0 heterocycles. The number of amides is 1.